The number of carbonyl (C=O) groups excluding carboxylic acids is 2. The molecule has 0 aromatic heterocycles. The van der Waals surface area contributed by atoms with Crippen LogP contribution in [0.1, 0.15) is 19.8 Å². The van der Waals surface area contributed by atoms with Gasteiger partial charge in [-0.2, -0.15) is 0 Å². The van der Waals surface area contributed by atoms with Crippen molar-refractivity contribution in [2.75, 3.05) is 32.7 Å². The highest BCUT2D eigenvalue weighted by atomic mass is 16.2. The molecule has 0 atom stereocenters. The predicted octanol–water partition coefficient (Wildman–Crippen LogP) is 0.270. The van der Waals surface area contributed by atoms with Crippen molar-refractivity contribution in [2.45, 2.75) is 19.8 Å². The number of rotatable bonds is 0. The van der Waals surface area contributed by atoms with Crippen molar-refractivity contribution in [2.24, 2.45) is 5.92 Å². The molecule has 0 spiro atoms. The molecule has 0 aliphatic carbocycles. The third-order valence-corrected chi connectivity index (χ3v) is 3.36. The first-order valence-corrected chi connectivity index (χ1v) is 5.97. The summed E-state index contributed by atoms with van der Waals surface area (Å²) in [6.07, 6.45) is 2.15. The SMILES string of the molecule is CC1CCN(C(=O)N2CCNC(=O)C2)CC1. The quantitative estimate of drug-likeness (QED) is 0.643. The zero-order chi connectivity index (χ0) is 11.5. The van der Waals surface area contributed by atoms with E-state index in [-0.39, 0.29) is 18.5 Å². The number of piperazine rings is 1. The fourth-order valence-electron chi connectivity index (χ4n) is 2.20. The molecule has 2 saturated heterocycles. The van der Waals surface area contributed by atoms with Crippen LogP contribution in [0, 0.1) is 5.92 Å². The molecular weight excluding hydrogens is 206 g/mol. The predicted molar refractivity (Wildman–Crippen MR) is 59.9 cm³/mol. The molecule has 0 bridgehead atoms. The van der Waals surface area contributed by atoms with Crippen molar-refractivity contribution in [1.29, 1.82) is 0 Å². The third kappa shape index (κ3) is 2.46. The number of nitrogens with one attached hydrogen (secondary N) is 1. The van der Waals surface area contributed by atoms with E-state index < -0.39 is 0 Å². The minimum absolute atomic E-state index is 0.0294. The highest BCUT2D eigenvalue weighted by molar-refractivity contribution is 5.85. The second kappa shape index (κ2) is 4.72. The van der Waals surface area contributed by atoms with Crippen LogP contribution in [0.4, 0.5) is 4.79 Å². The molecule has 0 aromatic carbocycles. The summed E-state index contributed by atoms with van der Waals surface area (Å²) in [4.78, 5) is 26.8. The van der Waals surface area contributed by atoms with E-state index in [4.69, 9.17) is 0 Å². The van der Waals surface area contributed by atoms with Gasteiger partial charge in [0.15, 0.2) is 0 Å². The van der Waals surface area contributed by atoms with Crippen molar-refractivity contribution in [1.82, 2.24) is 15.1 Å². The number of nitrogens with zero attached hydrogens (tertiary/aromatic N) is 2. The smallest absolute Gasteiger partial charge is 0.320 e. The molecule has 5 heteroatoms. The molecule has 0 saturated carbocycles. The summed E-state index contributed by atoms with van der Waals surface area (Å²) in [5, 5.41) is 2.73. The molecule has 2 aliphatic heterocycles. The summed E-state index contributed by atoms with van der Waals surface area (Å²) in [7, 11) is 0. The van der Waals surface area contributed by atoms with Crippen LogP contribution in [0.2, 0.25) is 0 Å². The Hall–Kier alpha value is -1.26. The van der Waals surface area contributed by atoms with E-state index in [1.165, 1.54) is 0 Å². The molecule has 0 radical (unpaired) electrons. The summed E-state index contributed by atoms with van der Waals surface area (Å²) >= 11 is 0. The zero-order valence-electron chi connectivity index (χ0n) is 9.74. The van der Waals surface area contributed by atoms with Crippen LogP contribution in [0.3, 0.4) is 0 Å². The van der Waals surface area contributed by atoms with Crippen molar-refractivity contribution in [3.8, 4) is 0 Å². The molecule has 2 aliphatic rings. The number of hydrogen-bond acceptors (Lipinski definition) is 2. The van der Waals surface area contributed by atoms with Crippen molar-refractivity contribution >= 4 is 11.9 Å². The van der Waals surface area contributed by atoms with Crippen LogP contribution in [-0.4, -0.2) is 54.5 Å². The maximum atomic E-state index is 12.1. The van der Waals surface area contributed by atoms with Gasteiger partial charge in [0.05, 0.1) is 0 Å². The Morgan fingerprint density at radius 1 is 1.25 bits per heavy atom. The number of hydrogen-bond donors (Lipinski definition) is 1. The van der Waals surface area contributed by atoms with Crippen LogP contribution in [0.25, 0.3) is 0 Å². The number of carbonyl (C=O) groups is 2. The summed E-state index contributed by atoms with van der Waals surface area (Å²) < 4.78 is 0. The van der Waals surface area contributed by atoms with Crippen molar-refractivity contribution in [3.63, 3.8) is 0 Å². The van der Waals surface area contributed by atoms with E-state index in [0.29, 0.717) is 19.0 Å². The van der Waals surface area contributed by atoms with E-state index in [1.54, 1.807) is 4.90 Å². The molecule has 16 heavy (non-hydrogen) atoms. The van der Waals surface area contributed by atoms with Gasteiger partial charge in [0.25, 0.3) is 0 Å². The minimum atomic E-state index is -0.0509. The summed E-state index contributed by atoms with van der Waals surface area (Å²) in [6.45, 7) is 5.31. The first kappa shape index (κ1) is 11.2. The van der Waals surface area contributed by atoms with Gasteiger partial charge in [-0.15, -0.1) is 0 Å². The van der Waals surface area contributed by atoms with Gasteiger partial charge >= 0.3 is 6.03 Å². The summed E-state index contributed by atoms with van der Waals surface area (Å²) in [5.41, 5.74) is 0. The molecule has 0 unspecified atom stereocenters. The fourth-order valence-corrected chi connectivity index (χ4v) is 2.20. The Bertz CT molecular complexity index is 285. The van der Waals surface area contributed by atoms with Crippen LogP contribution >= 0.6 is 0 Å². The van der Waals surface area contributed by atoms with Crippen molar-refractivity contribution in [3.05, 3.63) is 0 Å². The molecule has 3 amide bonds. The van der Waals surface area contributed by atoms with Gasteiger partial charge in [-0.05, 0) is 18.8 Å². The van der Waals surface area contributed by atoms with E-state index in [1.807, 2.05) is 4.90 Å². The number of urea groups is 1. The lowest BCUT2D eigenvalue weighted by Gasteiger charge is -2.36. The van der Waals surface area contributed by atoms with E-state index in [9.17, 15) is 9.59 Å². The van der Waals surface area contributed by atoms with Crippen LogP contribution in [-0.2, 0) is 4.79 Å². The molecule has 2 heterocycles. The van der Waals surface area contributed by atoms with E-state index >= 15 is 0 Å². The Kier molecular flexibility index (Phi) is 3.31. The standard InChI is InChI=1S/C11H19N3O2/c1-9-2-5-13(6-3-9)11(16)14-7-4-12-10(15)8-14/h9H,2-8H2,1H3,(H,12,15). The zero-order valence-corrected chi connectivity index (χ0v) is 9.74. The van der Waals surface area contributed by atoms with Gasteiger partial charge in [-0.1, -0.05) is 6.92 Å². The van der Waals surface area contributed by atoms with Crippen LogP contribution in [0.5, 0.6) is 0 Å². The van der Waals surface area contributed by atoms with Gasteiger partial charge in [0.2, 0.25) is 5.91 Å². The maximum absolute atomic E-state index is 12.1. The van der Waals surface area contributed by atoms with Crippen LogP contribution in [0.15, 0.2) is 0 Å². The average molecular weight is 225 g/mol. The lowest BCUT2D eigenvalue weighted by molar-refractivity contribution is -0.123. The van der Waals surface area contributed by atoms with Crippen molar-refractivity contribution < 1.29 is 9.59 Å². The molecule has 5 nitrogen and oxygen atoms in total. The first-order valence-electron chi connectivity index (χ1n) is 5.97. The number of piperidine rings is 1. The number of amides is 3. The van der Waals surface area contributed by atoms with E-state index in [2.05, 4.69) is 12.2 Å². The monoisotopic (exact) mass is 225 g/mol. The Morgan fingerprint density at radius 2 is 1.94 bits per heavy atom. The molecule has 2 rings (SSSR count). The number of likely N-dealkylation sites (tertiary alicyclic amines) is 1. The lowest BCUT2D eigenvalue weighted by atomic mass is 9.99. The summed E-state index contributed by atoms with van der Waals surface area (Å²) in [6, 6.07) is 0.0294. The van der Waals surface area contributed by atoms with Gasteiger partial charge in [-0.3, -0.25) is 4.79 Å². The van der Waals surface area contributed by atoms with Gasteiger partial charge in [0, 0.05) is 26.2 Å². The third-order valence-electron chi connectivity index (χ3n) is 3.36. The van der Waals surface area contributed by atoms with Gasteiger partial charge in [0.1, 0.15) is 6.54 Å². The Morgan fingerprint density at radius 3 is 2.56 bits per heavy atom. The fraction of sp³-hybridized carbons (Fsp3) is 0.818. The minimum Gasteiger partial charge on any atom is -0.353 e. The molecule has 2 fully saturated rings. The highest BCUT2D eigenvalue weighted by Crippen LogP contribution is 2.17. The van der Waals surface area contributed by atoms with Crippen LogP contribution < -0.4 is 5.32 Å². The first-order chi connectivity index (χ1) is 7.66. The largest absolute Gasteiger partial charge is 0.353 e. The topological polar surface area (TPSA) is 52.7 Å². The molecule has 1 N–H and O–H groups in total. The second-order valence-electron chi connectivity index (χ2n) is 4.72. The molecule has 90 valence electrons. The Labute approximate surface area is 95.8 Å². The maximum Gasteiger partial charge on any atom is 0.320 e. The average Bonchev–Trinajstić information content (AvgIpc) is 2.29. The van der Waals surface area contributed by atoms with E-state index in [0.717, 1.165) is 25.9 Å². The Balaban J connectivity index is 1.89. The normalized spacial score (nSPS) is 23.2. The van der Waals surface area contributed by atoms with Gasteiger partial charge in [-0.25, -0.2) is 4.79 Å². The van der Waals surface area contributed by atoms with Gasteiger partial charge < -0.3 is 15.1 Å². The summed E-state index contributed by atoms with van der Waals surface area (Å²) in [5.74, 6) is 0.665. The molecular formula is C11H19N3O2. The highest BCUT2D eigenvalue weighted by Gasteiger charge is 2.27. The second-order valence-corrected chi connectivity index (χ2v) is 4.72. The lowest BCUT2D eigenvalue weighted by Crippen LogP contribution is -2.55. The molecule has 0 aromatic rings.